The Balaban J connectivity index is 2.73. The Morgan fingerprint density at radius 1 is 1.43 bits per heavy atom. The quantitative estimate of drug-likeness (QED) is 0.758. The van der Waals surface area contributed by atoms with E-state index >= 15 is 0 Å². The largest absolute Gasteiger partial charge is 0.403 e. The van der Waals surface area contributed by atoms with Crippen molar-refractivity contribution < 1.29 is 13.2 Å². The molecule has 1 aromatic carbocycles. The van der Waals surface area contributed by atoms with E-state index in [9.17, 15) is 9.00 Å². The highest BCUT2D eigenvalue weighted by Crippen LogP contribution is 2.15. The van der Waals surface area contributed by atoms with Gasteiger partial charge in [-0.05, 0) is 24.3 Å². The number of hydrogen-bond donors (Lipinski definition) is 2. The second-order valence-corrected chi connectivity index (χ2v) is 4.04. The number of thiol groups is 1. The number of nitrogens with one attached hydrogen (secondary N) is 1. The molecule has 1 amide bonds. The maximum Gasteiger partial charge on any atom is 0.221 e. The fraction of sp³-hybridized carbons (Fsp3) is 0.125. The Kier molecular flexibility index (Phi) is 3.84. The zero-order chi connectivity index (χ0) is 10.6. The monoisotopic (exact) mass is 231 g/mol. The van der Waals surface area contributed by atoms with Gasteiger partial charge in [0, 0.05) is 23.8 Å². The molecule has 1 aromatic rings. The molecule has 0 heterocycles. The number of carbonyl (C=O) groups is 1. The number of rotatable bonds is 3. The molecular weight excluding hydrogens is 222 g/mol. The van der Waals surface area contributed by atoms with Crippen molar-refractivity contribution in [1.29, 1.82) is 0 Å². The van der Waals surface area contributed by atoms with Crippen molar-refractivity contribution in [2.24, 2.45) is 0 Å². The van der Waals surface area contributed by atoms with Gasteiger partial charge in [0.2, 0.25) is 5.91 Å². The van der Waals surface area contributed by atoms with E-state index in [0.29, 0.717) is 11.4 Å². The van der Waals surface area contributed by atoms with Gasteiger partial charge in [0.15, 0.2) is 9.64 Å². The van der Waals surface area contributed by atoms with E-state index in [-0.39, 0.29) is 5.91 Å². The summed E-state index contributed by atoms with van der Waals surface area (Å²) >= 11 is 4.38. The van der Waals surface area contributed by atoms with Crippen LogP contribution in [-0.2, 0) is 25.6 Å². The minimum Gasteiger partial charge on any atom is -0.403 e. The SMILES string of the molecule is CC(=O)Nc1ccc(O[SH](=O)=S)cc1. The van der Waals surface area contributed by atoms with E-state index in [1.165, 1.54) is 6.92 Å². The van der Waals surface area contributed by atoms with E-state index in [4.69, 9.17) is 4.18 Å². The second kappa shape index (κ2) is 4.92. The van der Waals surface area contributed by atoms with Crippen molar-refractivity contribution in [2.75, 3.05) is 5.32 Å². The first-order chi connectivity index (χ1) is 6.58. The Morgan fingerprint density at radius 3 is 2.43 bits per heavy atom. The fourth-order valence-corrected chi connectivity index (χ4v) is 1.44. The normalized spacial score (nSPS) is 11.8. The summed E-state index contributed by atoms with van der Waals surface area (Å²) in [6.07, 6.45) is 0. The van der Waals surface area contributed by atoms with Gasteiger partial charge in [-0.3, -0.25) is 4.79 Å². The molecule has 0 spiro atoms. The van der Waals surface area contributed by atoms with Crippen LogP contribution in [0.25, 0.3) is 0 Å². The van der Waals surface area contributed by atoms with Gasteiger partial charge in [0.05, 0.1) is 0 Å². The summed E-state index contributed by atoms with van der Waals surface area (Å²) in [6, 6.07) is 6.46. The fourth-order valence-electron chi connectivity index (χ4n) is 0.888. The van der Waals surface area contributed by atoms with Crippen LogP contribution in [0.1, 0.15) is 6.92 Å². The molecule has 0 aliphatic carbocycles. The van der Waals surface area contributed by atoms with Gasteiger partial charge >= 0.3 is 0 Å². The maximum atomic E-state index is 10.7. The van der Waals surface area contributed by atoms with Crippen molar-refractivity contribution in [3.05, 3.63) is 24.3 Å². The molecule has 0 aromatic heterocycles. The van der Waals surface area contributed by atoms with Crippen LogP contribution in [0.5, 0.6) is 5.75 Å². The summed E-state index contributed by atoms with van der Waals surface area (Å²) in [5.41, 5.74) is 0.657. The number of carbonyl (C=O) groups excluding carboxylic acids is 1. The van der Waals surface area contributed by atoms with Crippen LogP contribution < -0.4 is 9.50 Å². The molecule has 0 bridgehead atoms. The molecule has 6 heteroatoms. The highest BCUT2D eigenvalue weighted by atomic mass is 32.8. The number of hydrogen-bond acceptors (Lipinski definition) is 4. The van der Waals surface area contributed by atoms with Crippen LogP contribution in [0.4, 0.5) is 5.69 Å². The minimum absolute atomic E-state index is 0.145. The van der Waals surface area contributed by atoms with Gasteiger partial charge in [0.1, 0.15) is 5.75 Å². The zero-order valence-electron chi connectivity index (χ0n) is 7.39. The van der Waals surface area contributed by atoms with E-state index < -0.39 is 9.64 Å². The van der Waals surface area contributed by atoms with Gasteiger partial charge < -0.3 is 9.50 Å². The lowest BCUT2D eigenvalue weighted by molar-refractivity contribution is -0.114. The van der Waals surface area contributed by atoms with E-state index in [1.54, 1.807) is 24.3 Å². The number of benzene rings is 1. The molecule has 1 unspecified atom stereocenters. The van der Waals surface area contributed by atoms with Crippen molar-refractivity contribution in [3.63, 3.8) is 0 Å². The molecule has 0 saturated heterocycles. The lowest BCUT2D eigenvalue weighted by Gasteiger charge is -2.02. The molecule has 0 aliphatic rings. The third-order valence-electron chi connectivity index (χ3n) is 1.35. The van der Waals surface area contributed by atoms with E-state index in [2.05, 4.69) is 16.5 Å². The number of amides is 1. The van der Waals surface area contributed by atoms with Crippen LogP contribution >= 0.6 is 0 Å². The minimum atomic E-state index is -2.06. The van der Waals surface area contributed by atoms with Gasteiger partial charge in [0.25, 0.3) is 0 Å². The molecule has 1 atom stereocenters. The standard InChI is InChI=1S/C8H9NO3S2/c1-6(10)9-7-2-4-8(5-3-7)12-14(11)13/h2-5,14H,1H3,(H,9,10). The Labute approximate surface area is 88.2 Å². The molecule has 0 aliphatic heterocycles. The molecule has 4 nitrogen and oxygen atoms in total. The molecule has 76 valence electrons. The van der Waals surface area contributed by atoms with Crippen LogP contribution in [0.3, 0.4) is 0 Å². The van der Waals surface area contributed by atoms with Crippen LogP contribution in [-0.4, -0.2) is 10.1 Å². The predicted octanol–water partition coefficient (Wildman–Crippen LogP) is 0.882. The van der Waals surface area contributed by atoms with Gasteiger partial charge in [-0.25, -0.2) is 4.21 Å². The first kappa shape index (κ1) is 10.9. The summed E-state index contributed by atoms with van der Waals surface area (Å²) < 4.78 is 15.3. The lowest BCUT2D eigenvalue weighted by atomic mass is 10.3. The summed E-state index contributed by atoms with van der Waals surface area (Å²) in [5, 5.41) is 2.59. The van der Waals surface area contributed by atoms with Crippen LogP contribution in [0.2, 0.25) is 0 Å². The number of anilines is 1. The first-order valence-electron chi connectivity index (χ1n) is 3.78. The summed E-state index contributed by atoms with van der Waals surface area (Å²) in [4.78, 5) is 10.7. The Morgan fingerprint density at radius 2 is 2.00 bits per heavy atom. The van der Waals surface area contributed by atoms with Gasteiger partial charge in [-0.1, -0.05) is 0 Å². The van der Waals surface area contributed by atoms with Crippen LogP contribution in [0, 0.1) is 0 Å². The molecule has 0 fully saturated rings. The predicted molar refractivity (Wildman–Crippen MR) is 58.3 cm³/mol. The van der Waals surface area contributed by atoms with Crippen molar-refractivity contribution >= 4 is 32.4 Å². The lowest BCUT2D eigenvalue weighted by Crippen LogP contribution is -2.05. The third-order valence-corrected chi connectivity index (χ3v) is 1.94. The third kappa shape index (κ3) is 3.71. The molecular formula is C8H9NO3S2. The smallest absolute Gasteiger partial charge is 0.221 e. The van der Waals surface area contributed by atoms with Crippen molar-refractivity contribution in [2.45, 2.75) is 6.92 Å². The average Bonchev–Trinajstić information content (AvgIpc) is 2.06. The highest BCUT2D eigenvalue weighted by Gasteiger charge is 1.96. The van der Waals surface area contributed by atoms with Gasteiger partial charge in [-0.2, -0.15) is 0 Å². The van der Waals surface area contributed by atoms with Crippen molar-refractivity contribution in [1.82, 2.24) is 0 Å². The topological polar surface area (TPSA) is 55.4 Å². The molecule has 1 rings (SSSR count). The summed E-state index contributed by atoms with van der Waals surface area (Å²) in [6.45, 7) is 1.42. The first-order valence-corrected chi connectivity index (χ1v) is 5.97. The average molecular weight is 231 g/mol. The zero-order valence-corrected chi connectivity index (χ0v) is 9.10. The molecule has 0 saturated carbocycles. The molecule has 14 heavy (non-hydrogen) atoms. The summed E-state index contributed by atoms with van der Waals surface area (Å²) in [7, 11) is -2.06. The highest BCUT2D eigenvalue weighted by molar-refractivity contribution is 8.19. The van der Waals surface area contributed by atoms with Gasteiger partial charge in [-0.15, -0.1) is 0 Å². The Hall–Kier alpha value is -1.14. The molecule has 0 radical (unpaired) electrons. The maximum absolute atomic E-state index is 10.7. The summed E-state index contributed by atoms with van der Waals surface area (Å²) in [5.74, 6) is 0.281. The van der Waals surface area contributed by atoms with Crippen LogP contribution in [0.15, 0.2) is 24.3 Å². The Bertz CT molecular complexity index is 390. The molecule has 1 N–H and O–H groups in total. The van der Waals surface area contributed by atoms with Crippen molar-refractivity contribution in [3.8, 4) is 5.75 Å². The van der Waals surface area contributed by atoms with E-state index in [0.717, 1.165) is 0 Å². The second-order valence-electron chi connectivity index (χ2n) is 2.52. The van der Waals surface area contributed by atoms with E-state index in [1.807, 2.05) is 0 Å².